The molecule has 0 aliphatic heterocycles. The topological polar surface area (TPSA) is 78.5 Å². The second-order valence-corrected chi connectivity index (χ2v) is 10.4. The highest BCUT2D eigenvalue weighted by molar-refractivity contribution is 7.11. The Balaban J connectivity index is 0.00000181. The van der Waals surface area contributed by atoms with E-state index in [2.05, 4.69) is 57.7 Å². The van der Waals surface area contributed by atoms with Gasteiger partial charge in [0.2, 0.25) is 0 Å². The summed E-state index contributed by atoms with van der Waals surface area (Å²) >= 11 is 1.64. The number of nitrogens with zero attached hydrogens (tertiary/aromatic N) is 3. The average Bonchev–Trinajstić information content (AvgIpc) is 3.59. The predicted molar refractivity (Wildman–Crippen MR) is 165 cm³/mol. The number of hydrogen-bond donors (Lipinski definition) is 3. The number of terminal acetylenes is 1. The van der Waals surface area contributed by atoms with Crippen molar-refractivity contribution in [1.82, 2.24) is 19.9 Å². The summed E-state index contributed by atoms with van der Waals surface area (Å²) in [4.78, 5) is 18.2. The lowest BCUT2D eigenvalue weighted by molar-refractivity contribution is 0.371. The summed E-state index contributed by atoms with van der Waals surface area (Å²) in [5, 5.41) is 8.41. The van der Waals surface area contributed by atoms with Gasteiger partial charge in [-0.05, 0) is 43.2 Å². The van der Waals surface area contributed by atoms with Crippen LogP contribution in [0, 0.1) is 31.5 Å². The number of nitrogens with one attached hydrogen (secondary N) is 3. The number of pyridine rings is 2. The molecule has 6 nitrogen and oxygen atoms in total. The normalized spacial score (nSPS) is 13.1. The molecule has 1 fully saturated rings. The van der Waals surface area contributed by atoms with Crippen LogP contribution in [0.5, 0.6) is 0 Å². The minimum Gasteiger partial charge on any atom is -0.373 e. The van der Waals surface area contributed by atoms with Crippen molar-refractivity contribution >= 4 is 28.4 Å². The number of anilines is 2. The quantitative estimate of drug-likeness (QED) is 0.139. The van der Waals surface area contributed by atoms with Crippen molar-refractivity contribution < 1.29 is 4.39 Å². The first-order valence-corrected chi connectivity index (χ1v) is 13.9. The molecule has 5 rings (SSSR count). The van der Waals surface area contributed by atoms with Gasteiger partial charge in [0.15, 0.2) is 0 Å². The number of H-pyrrole nitrogens is 1. The Bertz CT molecular complexity index is 1540. The molecule has 0 aromatic carbocycles. The Morgan fingerprint density at radius 3 is 2.73 bits per heavy atom. The molecule has 1 aliphatic carbocycles. The van der Waals surface area contributed by atoms with Gasteiger partial charge in [-0.25, -0.2) is 14.4 Å². The maximum atomic E-state index is 16.1. The number of halogens is 1. The van der Waals surface area contributed by atoms with Gasteiger partial charge in [-0.3, -0.25) is 4.98 Å². The number of hydrogen-bond acceptors (Lipinski definition) is 6. The highest BCUT2D eigenvalue weighted by atomic mass is 32.1. The van der Waals surface area contributed by atoms with Crippen LogP contribution < -0.4 is 10.6 Å². The minimum absolute atomic E-state index is 0.249. The van der Waals surface area contributed by atoms with Crippen LogP contribution in [-0.2, 0) is 6.42 Å². The summed E-state index contributed by atoms with van der Waals surface area (Å²) in [5.74, 6) is 1.27. The van der Waals surface area contributed by atoms with Crippen molar-refractivity contribution in [2.75, 3.05) is 17.7 Å². The van der Waals surface area contributed by atoms with Gasteiger partial charge >= 0.3 is 0 Å². The van der Waals surface area contributed by atoms with E-state index in [0.717, 1.165) is 46.1 Å². The summed E-state index contributed by atoms with van der Waals surface area (Å²) in [5.41, 5.74) is 5.97. The number of aryl methyl sites for hydroxylation is 1. The van der Waals surface area contributed by atoms with Crippen molar-refractivity contribution in [3.05, 3.63) is 107 Å². The van der Waals surface area contributed by atoms with Crippen molar-refractivity contribution in [2.45, 2.75) is 32.6 Å². The molecular weight excluding hydrogens is 519 g/mol. The standard InChI is InChI=1S/C30H31FN6S.C2H2/c1-5-8-23(26-11-7-12-38-26)29-19(3)36-27(37-29)14-24-28(31)25(17-34-30(24)32-4)21-13-22(16-33-15-21)35-18(2)20-9-6-10-20;1-2/h5,7-8,11-13,15-17,20,35H,1-2,6,9-10,14H2,3-4H3,(H,32,34)(H,36,37);1-2H/b23-8-;. The van der Waals surface area contributed by atoms with E-state index in [4.69, 9.17) is 4.98 Å². The van der Waals surface area contributed by atoms with Gasteiger partial charge < -0.3 is 15.6 Å². The maximum Gasteiger partial charge on any atom is 0.139 e. The van der Waals surface area contributed by atoms with Crippen molar-refractivity contribution in [3.63, 3.8) is 0 Å². The Morgan fingerprint density at radius 1 is 1.27 bits per heavy atom. The SMILES string of the molecule is C#C.C=C/C=C(/c1cccs1)c1nc(Cc2c(NC)ncc(-c3cncc(NC(=C)C4CCC4)c3)c2F)[nH]c1C. The number of thiophene rings is 1. The summed E-state index contributed by atoms with van der Waals surface area (Å²) in [7, 11) is 1.74. The van der Waals surface area contributed by atoms with Gasteiger partial charge in [0.1, 0.15) is 17.5 Å². The first-order chi connectivity index (χ1) is 19.5. The molecule has 3 N–H and O–H groups in total. The van der Waals surface area contributed by atoms with Gasteiger partial charge in [-0.1, -0.05) is 37.8 Å². The molecule has 4 aromatic heterocycles. The largest absolute Gasteiger partial charge is 0.373 e. The molecule has 0 unspecified atom stereocenters. The van der Waals surface area contributed by atoms with Gasteiger partial charge in [-0.2, -0.15) is 0 Å². The van der Waals surface area contributed by atoms with E-state index >= 15 is 4.39 Å². The zero-order valence-corrected chi connectivity index (χ0v) is 23.6. The lowest BCUT2D eigenvalue weighted by Gasteiger charge is -2.28. The molecule has 1 saturated carbocycles. The summed E-state index contributed by atoms with van der Waals surface area (Å²) in [6.45, 7) is 10.0. The van der Waals surface area contributed by atoms with E-state index in [1.807, 2.05) is 30.5 Å². The molecule has 4 aromatic rings. The van der Waals surface area contributed by atoms with Crippen LogP contribution >= 0.6 is 11.3 Å². The van der Waals surface area contributed by atoms with Crippen LogP contribution in [0.4, 0.5) is 15.9 Å². The Hall–Kier alpha value is -4.48. The van der Waals surface area contributed by atoms with Crippen LogP contribution in [0.1, 0.15) is 46.9 Å². The molecule has 204 valence electrons. The molecule has 4 heterocycles. The second-order valence-electron chi connectivity index (χ2n) is 9.43. The molecule has 0 amide bonds. The Morgan fingerprint density at radius 2 is 2.08 bits per heavy atom. The van der Waals surface area contributed by atoms with Crippen molar-refractivity contribution in [2.24, 2.45) is 5.92 Å². The van der Waals surface area contributed by atoms with Crippen LogP contribution in [0.3, 0.4) is 0 Å². The molecule has 40 heavy (non-hydrogen) atoms. The van der Waals surface area contributed by atoms with E-state index < -0.39 is 0 Å². The molecule has 0 atom stereocenters. The van der Waals surface area contributed by atoms with E-state index in [-0.39, 0.29) is 12.2 Å². The van der Waals surface area contributed by atoms with Crippen LogP contribution in [0.15, 0.2) is 73.2 Å². The molecule has 0 bridgehead atoms. The highest BCUT2D eigenvalue weighted by Gasteiger charge is 2.22. The molecule has 8 heteroatoms. The third-order valence-electron chi connectivity index (χ3n) is 6.90. The fourth-order valence-corrected chi connectivity index (χ4v) is 5.42. The van der Waals surface area contributed by atoms with E-state index in [1.54, 1.807) is 43.1 Å². The smallest absolute Gasteiger partial charge is 0.139 e. The third-order valence-corrected chi connectivity index (χ3v) is 7.81. The van der Waals surface area contributed by atoms with Gasteiger partial charge in [0.25, 0.3) is 0 Å². The molecule has 0 radical (unpaired) electrons. The summed E-state index contributed by atoms with van der Waals surface area (Å²) in [6, 6.07) is 5.95. The van der Waals surface area contributed by atoms with Gasteiger partial charge in [0.05, 0.1) is 17.6 Å². The monoisotopic (exact) mass is 552 g/mol. The van der Waals surface area contributed by atoms with Gasteiger partial charge in [0, 0.05) is 64.4 Å². The third kappa shape index (κ3) is 6.05. The van der Waals surface area contributed by atoms with Crippen LogP contribution in [-0.4, -0.2) is 27.0 Å². The average molecular weight is 553 g/mol. The summed E-state index contributed by atoms with van der Waals surface area (Å²) in [6.07, 6.45) is 20.4. The Kier molecular flexibility index (Phi) is 9.31. The number of imidazole rings is 1. The molecule has 1 aliphatic rings. The first-order valence-electron chi connectivity index (χ1n) is 13.0. The number of allylic oxidation sites excluding steroid dienone is 3. The first kappa shape index (κ1) is 28.5. The van der Waals surface area contributed by atoms with Crippen LogP contribution in [0.25, 0.3) is 16.7 Å². The second kappa shape index (κ2) is 13.0. The molecule has 0 spiro atoms. The molecule has 0 saturated heterocycles. The van der Waals surface area contributed by atoms with E-state index in [9.17, 15) is 0 Å². The van der Waals surface area contributed by atoms with Crippen molar-refractivity contribution in [1.29, 1.82) is 0 Å². The number of aromatic amines is 1. The predicted octanol–water partition coefficient (Wildman–Crippen LogP) is 7.60. The lowest BCUT2D eigenvalue weighted by atomic mass is 9.83. The van der Waals surface area contributed by atoms with Gasteiger partial charge in [-0.15, -0.1) is 24.2 Å². The lowest BCUT2D eigenvalue weighted by Crippen LogP contribution is -2.18. The number of rotatable bonds is 10. The minimum atomic E-state index is -0.350. The fraction of sp³-hybridized carbons (Fsp3) is 0.219. The van der Waals surface area contributed by atoms with Crippen molar-refractivity contribution in [3.8, 4) is 24.0 Å². The fourth-order valence-electron chi connectivity index (χ4n) is 4.67. The highest BCUT2D eigenvalue weighted by Crippen LogP contribution is 2.35. The summed E-state index contributed by atoms with van der Waals surface area (Å²) < 4.78 is 16.1. The zero-order valence-electron chi connectivity index (χ0n) is 22.8. The van der Waals surface area contributed by atoms with E-state index in [0.29, 0.717) is 34.3 Å². The zero-order chi connectivity index (χ0) is 28.6. The maximum absolute atomic E-state index is 16.1. The number of aromatic nitrogens is 4. The van der Waals surface area contributed by atoms with E-state index in [1.165, 1.54) is 6.42 Å². The Labute approximate surface area is 239 Å². The van der Waals surface area contributed by atoms with Crippen LogP contribution in [0.2, 0.25) is 0 Å². The molecular formula is C32H33FN6S.